The number of nitrogens with zero attached hydrogens (tertiary/aromatic N) is 3. The molecule has 3 heterocycles. The topological polar surface area (TPSA) is 56.3 Å². The van der Waals surface area contributed by atoms with Gasteiger partial charge in [0, 0.05) is 39.3 Å². The largest absolute Gasteiger partial charge is 0.491 e. The molecule has 34 heavy (non-hydrogen) atoms. The molecule has 7 heteroatoms. The first-order chi connectivity index (χ1) is 16.5. The van der Waals surface area contributed by atoms with Crippen molar-refractivity contribution in [3.8, 4) is 5.75 Å². The molecule has 0 radical (unpaired) electrons. The van der Waals surface area contributed by atoms with Crippen molar-refractivity contribution in [2.24, 2.45) is 0 Å². The van der Waals surface area contributed by atoms with Gasteiger partial charge < -0.3 is 14.7 Å². The molecule has 3 aliphatic heterocycles. The average Bonchev–Trinajstić information content (AvgIpc) is 2.97. The Morgan fingerprint density at radius 3 is 2.76 bits per heavy atom. The van der Waals surface area contributed by atoms with Crippen LogP contribution in [0.4, 0.5) is 4.39 Å². The molecule has 1 amide bonds. The van der Waals surface area contributed by atoms with Gasteiger partial charge in [0.05, 0.1) is 18.2 Å². The molecule has 182 valence electrons. The third kappa shape index (κ3) is 5.43. The van der Waals surface area contributed by atoms with Gasteiger partial charge in [-0.3, -0.25) is 14.6 Å². The molecule has 1 unspecified atom stereocenters. The van der Waals surface area contributed by atoms with Gasteiger partial charge in [-0.05, 0) is 54.6 Å². The second kappa shape index (κ2) is 10.4. The van der Waals surface area contributed by atoms with E-state index in [0.717, 1.165) is 38.0 Å². The zero-order chi connectivity index (χ0) is 23.5. The minimum Gasteiger partial charge on any atom is -0.491 e. The van der Waals surface area contributed by atoms with Gasteiger partial charge in [-0.15, -0.1) is 0 Å². The fourth-order valence-corrected chi connectivity index (χ4v) is 5.39. The minimum atomic E-state index is -0.757. The summed E-state index contributed by atoms with van der Waals surface area (Å²) in [5.74, 6) is 0.477. The maximum Gasteiger partial charge on any atom is 0.257 e. The summed E-state index contributed by atoms with van der Waals surface area (Å²) in [6.45, 7) is 5.42. The number of amides is 1. The first-order valence-corrected chi connectivity index (χ1v) is 12.4. The van der Waals surface area contributed by atoms with Gasteiger partial charge in [0.2, 0.25) is 0 Å². The summed E-state index contributed by atoms with van der Waals surface area (Å²) >= 11 is 0. The summed E-state index contributed by atoms with van der Waals surface area (Å²) in [6.07, 6.45) is 1.13. The number of carbonyl (C=O) groups excluding carboxylic acids is 1. The summed E-state index contributed by atoms with van der Waals surface area (Å²) in [4.78, 5) is 19.3. The number of benzene rings is 2. The van der Waals surface area contributed by atoms with Crippen molar-refractivity contribution in [3.05, 3.63) is 64.7 Å². The molecule has 1 saturated heterocycles. The maximum absolute atomic E-state index is 13.7. The molecule has 0 aromatic heterocycles. The standard InChI is InChI=1S/C27H34FN3O3/c28-23-6-3-10-29(17-23)15-20-7-8-25-26(14-20)34-13-12-31(27(25)33)19-24(32)18-30-11-9-21-4-1-2-5-22(21)16-30/h1-2,4-5,7-8,14,23-24,32H,3,6,9-13,15-19H2/t23?,24-/m1/s1. The van der Waals surface area contributed by atoms with Crippen LogP contribution in [0.3, 0.4) is 0 Å². The van der Waals surface area contributed by atoms with Crippen LogP contribution in [0.2, 0.25) is 0 Å². The van der Waals surface area contributed by atoms with Gasteiger partial charge in [-0.25, -0.2) is 4.39 Å². The van der Waals surface area contributed by atoms with Crippen LogP contribution in [0, 0.1) is 0 Å². The summed E-state index contributed by atoms with van der Waals surface area (Å²) in [5.41, 5.74) is 4.26. The van der Waals surface area contributed by atoms with Gasteiger partial charge in [0.15, 0.2) is 0 Å². The van der Waals surface area contributed by atoms with E-state index in [1.54, 1.807) is 4.90 Å². The highest BCUT2D eigenvalue weighted by molar-refractivity contribution is 5.97. The third-order valence-electron chi connectivity index (χ3n) is 7.15. The SMILES string of the molecule is O=C1c2ccc(CN3CCCC(F)C3)cc2OCCN1C[C@H](O)CN1CCc2ccccc2C1. The Kier molecular flexibility index (Phi) is 7.13. The van der Waals surface area contributed by atoms with E-state index in [4.69, 9.17) is 4.74 Å². The highest BCUT2D eigenvalue weighted by atomic mass is 19.1. The van der Waals surface area contributed by atoms with E-state index in [0.29, 0.717) is 50.5 Å². The van der Waals surface area contributed by atoms with Gasteiger partial charge >= 0.3 is 0 Å². The fraction of sp³-hybridized carbons (Fsp3) is 0.519. The molecule has 0 saturated carbocycles. The predicted octanol–water partition coefficient (Wildman–Crippen LogP) is 2.87. The molecule has 1 N–H and O–H groups in total. The predicted molar refractivity (Wildman–Crippen MR) is 129 cm³/mol. The number of likely N-dealkylation sites (tertiary alicyclic amines) is 1. The zero-order valence-corrected chi connectivity index (χ0v) is 19.7. The lowest BCUT2D eigenvalue weighted by Crippen LogP contribution is -2.44. The smallest absolute Gasteiger partial charge is 0.257 e. The molecule has 2 aromatic rings. The molecule has 0 aliphatic carbocycles. The number of piperidine rings is 1. The molecular formula is C27H34FN3O3. The van der Waals surface area contributed by atoms with Crippen LogP contribution in [0.25, 0.3) is 0 Å². The molecule has 5 rings (SSSR count). The number of fused-ring (bicyclic) bond motifs is 2. The lowest BCUT2D eigenvalue weighted by molar-refractivity contribution is 0.0501. The fourth-order valence-electron chi connectivity index (χ4n) is 5.39. The van der Waals surface area contributed by atoms with Crippen LogP contribution in [-0.2, 0) is 19.5 Å². The molecule has 6 nitrogen and oxygen atoms in total. The van der Waals surface area contributed by atoms with Crippen LogP contribution < -0.4 is 4.74 Å². The molecule has 0 spiro atoms. The summed E-state index contributed by atoms with van der Waals surface area (Å²) in [7, 11) is 0. The van der Waals surface area contributed by atoms with Crippen LogP contribution in [-0.4, -0.2) is 83.9 Å². The van der Waals surface area contributed by atoms with Crippen LogP contribution in [0.5, 0.6) is 5.75 Å². The van der Waals surface area contributed by atoms with Gasteiger partial charge in [-0.2, -0.15) is 0 Å². The number of rotatable bonds is 6. The minimum absolute atomic E-state index is 0.108. The van der Waals surface area contributed by atoms with Crippen molar-refractivity contribution < 1.29 is 19.0 Å². The summed E-state index contributed by atoms with van der Waals surface area (Å²) in [5, 5.41) is 10.8. The van der Waals surface area contributed by atoms with Crippen LogP contribution in [0.1, 0.15) is 39.9 Å². The molecule has 3 aliphatic rings. The number of hydrogen-bond acceptors (Lipinski definition) is 5. The number of carbonyl (C=O) groups is 1. The molecular weight excluding hydrogens is 433 g/mol. The molecule has 0 bridgehead atoms. The van der Waals surface area contributed by atoms with Crippen LogP contribution in [0.15, 0.2) is 42.5 Å². The van der Waals surface area contributed by atoms with Gasteiger partial charge in [0.1, 0.15) is 18.5 Å². The summed E-state index contributed by atoms with van der Waals surface area (Å²) < 4.78 is 19.7. The molecule has 2 atom stereocenters. The Labute approximate surface area is 200 Å². The van der Waals surface area contributed by atoms with Crippen molar-refractivity contribution in [3.63, 3.8) is 0 Å². The normalized spacial score (nSPS) is 22.5. The van der Waals surface area contributed by atoms with Gasteiger partial charge in [-0.1, -0.05) is 30.3 Å². The van der Waals surface area contributed by atoms with Crippen molar-refractivity contribution >= 4 is 5.91 Å². The van der Waals surface area contributed by atoms with E-state index >= 15 is 0 Å². The number of β-amino-alcohol motifs (C(OH)–C–C–N with tert-alkyl or cyclic N) is 1. The first-order valence-electron chi connectivity index (χ1n) is 12.4. The number of ether oxygens (including phenoxy) is 1. The van der Waals surface area contributed by atoms with Crippen LogP contribution >= 0.6 is 0 Å². The lowest BCUT2D eigenvalue weighted by Gasteiger charge is -2.32. The van der Waals surface area contributed by atoms with Crippen molar-refractivity contribution in [1.82, 2.24) is 14.7 Å². The maximum atomic E-state index is 13.7. The average molecular weight is 468 g/mol. The Bertz CT molecular complexity index is 1020. The van der Waals surface area contributed by atoms with Crippen molar-refractivity contribution in [2.45, 2.75) is 44.6 Å². The first kappa shape index (κ1) is 23.3. The number of hydrogen-bond donors (Lipinski definition) is 1. The third-order valence-corrected chi connectivity index (χ3v) is 7.15. The highest BCUT2D eigenvalue weighted by Gasteiger charge is 2.27. The Morgan fingerprint density at radius 1 is 1.06 bits per heavy atom. The quantitative estimate of drug-likeness (QED) is 0.708. The van der Waals surface area contributed by atoms with E-state index in [1.807, 2.05) is 18.2 Å². The van der Waals surface area contributed by atoms with Crippen molar-refractivity contribution in [1.29, 1.82) is 0 Å². The molecule has 1 fully saturated rings. The van der Waals surface area contributed by atoms with E-state index in [-0.39, 0.29) is 12.5 Å². The summed E-state index contributed by atoms with van der Waals surface area (Å²) in [6, 6.07) is 14.1. The second-order valence-corrected chi connectivity index (χ2v) is 9.81. The highest BCUT2D eigenvalue weighted by Crippen LogP contribution is 2.27. The van der Waals surface area contributed by atoms with E-state index in [2.05, 4.69) is 34.1 Å². The monoisotopic (exact) mass is 467 g/mol. The number of alkyl halides is 1. The number of aliphatic hydroxyl groups excluding tert-OH is 1. The van der Waals surface area contributed by atoms with E-state index in [9.17, 15) is 14.3 Å². The Morgan fingerprint density at radius 2 is 1.91 bits per heavy atom. The Balaban J connectivity index is 1.19. The number of aliphatic hydroxyl groups is 1. The zero-order valence-electron chi connectivity index (χ0n) is 19.7. The second-order valence-electron chi connectivity index (χ2n) is 9.81. The van der Waals surface area contributed by atoms with Gasteiger partial charge in [0.25, 0.3) is 5.91 Å². The van der Waals surface area contributed by atoms with E-state index in [1.165, 1.54) is 11.1 Å². The van der Waals surface area contributed by atoms with E-state index < -0.39 is 12.3 Å². The van der Waals surface area contributed by atoms with Crippen molar-refractivity contribution in [2.75, 3.05) is 45.9 Å². The Hall–Kier alpha value is -2.48. The number of halogens is 1. The lowest BCUT2D eigenvalue weighted by atomic mass is 10.00. The molecule has 2 aromatic carbocycles.